The summed E-state index contributed by atoms with van der Waals surface area (Å²) < 4.78 is 0. The number of nitrogens with one attached hydrogen (secondary N) is 2. The smallest absolute Gasteiger partial charge is 0.132 e. The monoisotopic (exact) mass is 292 g/mol. The number of anilines is 2. The van der Waals surface area contributed by atoms with Crippen LogP contribution in [0.3, 0.4) is 0 Å². The highest BCUT2D eigenvalue weighted by atomic mass is 15.1. The molecule has 1 unspecified atom stereocenters. The molecule has 0 fully saturated rings. The summed E-state index contributed by atoms with van der Waals surface area (Å²) in [5, 5.41) is 6.87. The van der Waals surface area contributed by atoms with Gasteiger partial charge in [0.2, 0.25) is 0 Å². The summed E-state index contributed by atoms with van der Waals surface area (Å²) in [6.07, 6.45) is 5.69. The van der Waals surface area contributed by atoms with E-state index in [1.165, 1.54) is 19.3 Å². The Morgan fingerprint density at radius 3 is 2.38 bits per heavy atom. The van der Waals surface area contributed by atoms with Crippen molar-refractivity contribution < 1.29 is 0 Å². The van der Waals surface area contributed by atoms with Crippen molar-refractivity contribution in [2.45, 2.75) is 72.8 Å². The maximum atomic E-state index is 4.58. The average molecular weight is 292 g/mol. The van der Waals surface area contributed by atoms with Crippen molar-refractivity contribution >= 4 is 11.6 Å². The van der Waals surface area contributed by atoms with Gasteiger partial charge in [-0.05, 0) is 25.7 Å². The highest BCUT2D eigenvalue weighted by Crippen LogP contribution is 2.15. The summed E-state index contributed by atoms with van der Waals surface area (Å²) in [6, 6.07) is 2.47. The van der Waals surface area contributed by atoms with Crippen LogP contribution in [0, 0.1) is 5.92 Å². The molecule has 0 spiro atoms. The highest BCUT2D eigenvalue weighted by Gasteiger charge is 2.07. The summed E-state index contributed by atoms with van der Waals surface area (Å²) in [6.45, 7) is 12.0. The Hall–Kier alpha value is -1.32. The van der Waals surface area contributed by atoms with Crippen LogP contribution in [0.5, 0.6) is 0 Å². The van der Waals surface area contributed by atoms with Crippen molar-refractivity contribution in [1.29, 1.82) is 0 Å². The second kappa shape index (κ2) is 9.59. The van der Waals surface area contributed by atoms with Crippen LogP contribution in [-0.4, -0.2) is 22.6 Å². The van der Waals surface area contributed by atoms with Crippen LogP contribution in [0.1, 0.15) is 66.1 Å². The molecule has 0 aromatic carbocycles. The molecule has 1 rings (SSSR count). The molecule has 0 aliphatic rings. The number of aromatic nitrogens is 2. The summed E-state index contributed by atoms with van der Waals surface area (Å²) >= 11 is 0. The first-order valence-electron chi connectivity index (χ1n) is 8.43. The van der Waals surface area contributed by atoms with Crippen LogP contribution in [-0.2, 0) is 6.42 Å². The maximum absolute atomic E-state index is 4.58. The van der Waals surface area contributed by atoms with Crippen LogP contribution in [0.4, 0.5) is 11.6 Å². The number of rotatable bonds is 10. The summed E-state index contributed by atoms with van der Waals surface area (Å²) in [7, 11) is 0. The van der Waals surface area contributed by atoms with E-state index in [0.29, 0.717) is 6.04 Å². The number of aryl methyl sites for hydroxylation is 1. The molecule has 0 amide bonds. The van der Waals surface area contributed by atoms with E-state index in [-0.39, 0.29) is 0 Å². The lowest BCUT2D eigenvalue weighted by atomic mass is 10.0. The van der Waals surface area contributed by atoms with E-state index >= 15 is 0 Å². The maximum Gasteiger partial charge on any atom is 0.132 e. The minimum atomic E-state index is 0.447. The number of hydrogen-bond acceptors (Lipinski definition) is 4. The zero-order valence-electron chi connectivity index (χ0n) is 14.4. The fourth-order valence-corrected chi connectivity index (χ4v) is 2.23. The van der Waals surface area contributed by atoms with Crippen molar-refractivity contribution in [3.8, 4) is 0 Å². The van der Waals surface area contributed by atoms with Crippen LogP contribution in [0.2, 0.25) is 0 Å². The molecule has 1 aromatic rings. The van der Waals surface area contributed by atoms with Crippen LogP contribution < -0.4 is 10.6 Å². The van der Waals surface area contributed by atoms with Gasteiger partial charge in [0.1, 0.15) is 17.5 Å². The third-order valence-electron chi connectivity index (χ3n) is 3.46. The minimum absolute atomic E-state index is 0.447. The Balaban J connectivity index is 2.59. The van der Waals surface area contributed by atoms with Gasteiger partial charge in [0.25, 0.3) is 0 Å². The quantitative estimate of drug-likeness (QED) is 0.667. The van der Waals surface area contributed by atoms with Crippen molar-refractivity contribution in [3.63, 3.8) is 0 Å². The SMILES string of the molecule is CCCNc1cc(NC(C)CCCC(C)C)nc(CC)n1. The van der Waals surface area contributed by atoms with E-state index in [2.05, 4.69) is 55.2 Å². The predicted octanol–water partition coefficient (Wildman–Crippen LogP) is 4.49. The van der Waals surface area contributed by atoms with Gasteiger partial charge >= 0.3 is 0 Å². The molecule has 4 heteroatoms. The van der Waals surface area contributed by atoms with Crippen LogP contribution >= 0.6 is 0 Å². The molecule has 0 aliphatic carbocycles. The first-order valence-corrected chi connectivity index (χ1v) is 8.43. The normalized spacial score (nSPS) is 12.5. The lowest BCUT2D eigenvalue weighted by molar-refractivity contribution is 0.520. The van der Waals surface area contributed by atoms with Crippen molar-refractivity contribution in [2.24, 2.45) is 5.92 Å². The Morgan fingerprint density at radius 1 is 1.05 bits per heavy atom. The van der Waals surface area contributed by atoms with Gasteiger partial charge in [-0.3, -0.25) is 0 Å². The van der Waals surface area contributed by atoms with E-state index in [4.69, 9.17) is 0 Å². The number of hydrogen-bond donors (Lipinski definition) is 2. The molecule has 1 heterocycles. The molecule has 1 aromatic heterocycles. The van der Waals surface area contributed by atoms with Gasteiger partial charge < -0.3 is 10.6 Å². The molecular formula is C17H32N4. The fraction of sp³-hybridized carbons (Fsp3) is 0.765. The average Bonchev–Trinajstić information content (AvgIpc) is 2.44. The molecule has 1 atom stereocenters. The van der Waals surface area contributed by atoms with E-state index in [9.17, 15) is 0 Å². The third kappa shape index (κ3) is 7.30. The van der Waals surface area contributed by atoms with E-state index in [1.807, 2.05) is 6.07 Å². The lowest BCUT2D eigenvalue weighted by Gasteiger charge is -2.16. The second-order valence-corrected chi connectivity index (χ2v) is 6.21. The van der Waals surface area contributed by atoms with E-state index < -0.39 is 0 Å². The first-order chi connectivity index (χ1) is 10.0. The first kappa shape index (κ1) is 17.7. The molecule has 21 heavy (non-hydrogen) atoms. The predicted molar refractivity (Wildman–Crippen MR) is 92.0 cm³/mol. The van der Waals surface area contributed by atoms with E-state index in [1.54, 1.807) is 0 Å². The third-order valence-corrected chi connectivity index (χ3v) is 3.46. The Bertz CT molecular complexity index is 404. The second-order valence-electron chi connectivity index (χ2n) is 6.21. The summed E-state index contributed by atoms with van der Waals surface area (Å²) in [5.74, 6) is 3.55. The molecular weight excluding hydrogens is 260 g/mol. The van der Waals surface area contributed by atoms with Gasteiger partial charge in [-0.1, -0.05) is 40.5 Å². The zero-order valence-corrected chi connectivity index (χ0v) is 14.4. The largest absolute Gasteiger partial charge is 0.370 e. The molecule has 120 valence electrons. The Morgan fingerprint density at radius 2 is 1.76 bits per heavy atom. The van der Waals surface area contributed by atoms with Crippen LogP contribution in [0.25, 0.3) is 0 Å². The number of nitrogens with zero attached hydrogens (tertiary/aromatic N) is 2. The van der Waals surface area contributed by atoms with Gasteiger partial charge in [-0.15, -0.1) is 0 Å². The van der Waals surface area contributed by atoms with Crippen molar-refractivity contribution in [2.75, 3.05) is 17.2 Å². The van der Waals surface area contributed by atoms with Gasteiger partial charge in [-0.2, -0.15) is 0 Å². The van der Waals surface area contributed by atoms with Crippen molar-refractivity contribution in [1.82, 2.24) is 9.97 Å². The van der Waals surface area contributed by atoms with Crippen molar-refractivity contribution in [3.05, 3.63) is 11.9 Å². The molecule has 0 saturated heterocycles. The molecule has 4 nitrogen and oxygen atoms in total. The summed E-state index contributed by atoms with van der Waals surface area (Å²) in [4.78, 5) is 9.10. The molecule has 0 aliphatic heterocycles. The van der Waals surface area contributed by atoms with Gasteiger partial charge in [-0.25, -0.2) is 9.97 Å². The van der Waals surface area contributed by atoms with E-state index in [0.717, 1.165) is 42.8 Å². The van der Waals surface area contributed by atoms with Gasteiger partial charge in [0.05, 0.1) is 0 Å². The van der Waals surface area contributed by atoms with Gasteiger partial charge in [0, 0.05) is 25.1 Å². The molecule has 2 N–H and O–H groups in total. The topological polar surface area (TPSA) is 49.8 Å². The minimum Gasteiger partial charge on any atom is -0.370 e. The Labute approximate surface area is 130 Å². The fourth-order valence-electron chi connectivity index (χ4n) is 2.23. The lowest BCUT2D eigenvalue weighted by Crippen LogP contribution is -2.17. The highest BCUT2D eigenvalue weighted by molar-refractivity contribution is 5.48. The standard InChI is InChI=1S/C17H32N4/c1-6-11-18-16-12-17(21-15(7-2)20-16)19-14(5)10-8-9-13(3)4/h12-14H,6-11H2,1-5H3,(H2,18,19,20,21). The van der Waals surface area contributed by atoms with Crippen LogP contribution in [0.15, 0.2) is 6.07 Å². The molecule has 0 saturated carbocycles. The molecule has 0 radical (unpaired) electrons. The summed E-state index contributed by atoms with van der Waals surface area (Å²) in [5.41, 5.74) is 0. The van der Waals surface area contributed by atoms with Gasteiger partial charge in [0.15, 0.2) is 0 Å². The Kier molecular flexibility index (Phi) is 8.09. The molecule has 0 bridgehead atoms. The zero-order chi connectivity index (χ0) is 15.7.